The minimum Gasteiger partial charge on any atom is -0.462 e. The van der Waals surface area contributed by atoms with Gasteiger partial charge in [-0.05, 0) is 36.1 Å². The normalized spacial score (nSPS) is 11.2. The molecule has 0 unspecified atom stereocenters. The molecular weight excluding hydrogens is 417 g/mol. The standard InChI is InChI=1S/C19H16FN3O2S3/c1-3-25-18(24)16-11(15-12(20)6-4-7-13(15)28-16)10-27-19-22-21-17(23(19)2)14-8-5-9-26-14/h4-9H,3,10H2,1-2H3. The van der Waals surface area contributed by atoms with E-state index in [2.05, 4.69) is 10.2 Å². The number of nitrogens with zero attached hydrogens (tertiary/aromatic N) is 3. The summed E-state index contributed by atoms with van der Waals surface area (Å²) in [6, 6.07) is 8.83. The van der Waals surface area contributed by atoms with Crippen molar-refractivity contribution in [2.24, 2.45) is 7.05 Å². The lowest BCUT2D eigenvalue weighted by Crippen LogP contribution is -2.05. The van der Waals surface area contributed by atoms with Crippen LogP contribution in [0.1, 0.15) is 22.2 Å². The molecular formula is C19H16FN3O2S3. The molecule has 0 saturated heterocycles. The molecule has 5 nitrogen and oxygen atoms in total. The minimum atomic E-state index is -0.420. The molecule has 0 amide bonds. The Kier molecular flexibility index (Phi) is 5.47. The molecule has 0 atom stereocenters. The van der Waals surface area contributed by atoms with E-state index in [4.69, 9.17) is 4.74 Å². The summed E-state index contributed by atoms with van der Waals surface area (Å²) in [5.74, 6) is 0.420. The van der Waals surface area contributed by atoms with Crippen LogP contribution >= 0.6 is 34.4 Å². The molecule has 3 heterocycles. The minimum absolute atomic E-state index is 0.273. The predicted molar refractivity (Wildman–Crippen MR) is 112 cm³/mol. The number of hydrogen-bond acceptors (Lipinski definition) is 7. The van der Waals surface area contributed by atoms with E-state index < -0.39 is 5.97 Å². The predicted octanol–water partition coefficient (Wildman–Crippen LogP) is 5.37. The van der Waals surface area contributed by atoms with Gasteiger partial charge < -0.3 is 9.30 Å². The Bertz CT molecular complexity index is 1140. The summed E-state index contributed by atoms with van der Waals surface area (Å²) < 4.78 is 22.3. The third-order valence-electron chi connectivity index (χ3n) is 4.15. The first-order valence-electron chi connectivity index (χ1n) is 8.53. The quantitative estimate of drug-likeness (QED) is 0.302. The number of fused-ring (bicyclic) bond motifs is 1. The van der Waals surface area contributed by atoms with Gasteiger partial charge in [-0.1, -0.05) is 23.9 Å². The summed E-state index contributed by atoms with van der Waals surface area (Å²) in [5, 5.41) is 11.7. The highest BCUT2D eigenvalue weighted by atomic mass is 32.2. The molecule has 0 fully saturated rings. The largest absolute Gasteiger partial charge is 0.462 e. The van der Waals surface area contributed by atoms with Crippen molar-refractivity contribution in [2.45, 2.75) is 17.8 Å². The van der Waals surface area contributed by atoms with Gasteiger partial charge in [-0.25, -0.2) is 9.18 Å². The van der Waals surface area contributed by atoms with Crippen LogP contribution in [0.3, 0.4) is 0 Å². The summed E-state index contributed by atoms with van der Waals surface area (Å²) in [7, 11) is 1.90. The summed E-state index contributed by atoms with van der Waals surface area (Å²) in [6.07, 6.45) is 0. The number of carbonyl (C=O) groups excluding carboxylic acids is 1. The van der Waals surface area contributed by atoms with Crippen molar-refractivity contribution in [3.05, 3.63) is 52.0 Å². The topological polar surface area (TPSA) is 57.0 Å². The molecule has 4 aromatic rings. The van der Waals surface area contributed by atoms with Crippen molar-refractivity contribution < 1.29 is 13.9 Å². The summed E-state index contributed by atoms with van der Waals surface area (Å²) in [5.41, 5.74) is 0.641. The van der Waals surface area contributed by atoms with Crippen molar-refractivity contribution in [3.8, 4) is 10.7 Å². The van der Waals surface area contributed by atoms with Gasteiger partial charge >= 0.3 is 5.97 Å². The third-order valence-corrected chi connectivity index (χ3v) is 7.24. The SMILES string of the molecule is CCOC(=O)c1sc2cccc(F)c2c1CSc1nnc(-c2cccs2)n1C. The Hall–Kier alpha value is -2.23. The van der Waals surface area contributed by atoms with E-state index in [1.54, 1.807) is 24.3 Å². The Morgan fingerprint density at radius 2 is 2.14 bits per heavy atom. The molecule has 0 bridgehead atoms. The highest BCUT2D eigenvalue weighted by molar-refractivity contribution is 7.98. The first-order valence-corrected chi connectivity index (χ1v) is 11.2. The Balaban J connectivity index is 1.68. The van der Waals surface area contributed by atoms with Gasteiger partial charge in [0.05, 0.1) is 11.5 Å². The molecule has 4 rings (SSSR count). The second-order valence-electron chi connectivity index (χ2n) is 5.87. The van der Waals surface area contributed by atoms with Crippen molar-refractivity contribution >= 4 is 50.5 Å². The highest BCUT2D eigenvalue weighted by Gasteiger charge is 2.23. The summed E-state index contributed by atoms with van der Waals surface area (Å²) in [4.78, 5) is 13.9. The zero-order valence-electron chi connectivity index (χ0n) is 15.1. The van der Waals surface area contributed by atoms with Crippen LogP contribution in [0.2, 0.25) is 0 Å². The van der Waals surface area contributed by atoms with E-state index in [0.717, 1.165) is 15.4 Å². The fraction of sp³-hybridized carbons (Fsp3) is 0.211. The van der Waals surface area contributed by atoms with Gasteiger partial charge in [0.2, 0.25) is 0 Å². The van der Waals surface area contributed by atoms with E-state index in [1.165, 1.54) is 29.2 Å². The van der Waals surface area contributed by atoms with Gasteiger partial charge in [-0.2, -0.15) is 0 Å². The molecule has 0 aliphatic rings. The third kappa shape index (κ3) is 3.45. The van der Waals surface area contributed by atoms with Crippen LogP contribution < -0.4 is 0 Å². The van der Waals surface area contributed by atoms with Crippen molar-refractivity contribution in [3.63, 3.8) is 0 Å². The maximum absolute atomic E-state index is 14.5. The molecule has 28 heavy (non-hydrogen) atoms. The number of carbonyl (C=O) groups is 1. The molecule has 0 saturated carbocycles. The number of thioether (sulfide) groups is 1. The van der Waals surface area contributed by atoms with E-state index in [9.17, 15) is 9.18 Å². The van der Waals surface area contributed by atoms with Gasteiger partial charge in [0, 0.05) is 22.9 Å². The van der Waals surface area contributed by atoms with Crippen LogP contribution in [0.25, 0.3) is 20.8 Å². The molecule has 9 heteroatoms. The smallest absolute Gasteiger partial charge is 0.348 e. The van der Waals surface area contributed by atoms with Crippen LogP contribution in [0.4, 0.5) is 4.39 Å². The Labute approximate surface area is 173 Å². The Morgan fingerprint density at radius 3 is 2.89 bits per heavy atom. The van der Waals surface area contributed by atoms with Crippen molar-refractivity contribution in [2.75, 3.05) is 6.61 Å². The molecule has 0 N–H and O–H groups in total. The van der Waals surface area contributed by atoms with E-state index in [1.807, 2.05) is 35.2 Å². The fourth-order valence-corrected chi connectivity index (χ4v) is 5.77. The van der Waals surface area contributed by atoms with Gasteiger partial charge in [0.1, 0.15) is 10.7 Å². The molecule has 1 aromatic carbocycles. The average Bonchev–Trinajstić information content (AvgIpc) is 3.39. The molecule has 0 spiro atoms. The van der Waals surface area contributed by atoms with Crippen LogP contribution in [-0.4, -0.2) is 27.3 Å². The maximum Gasteiger partial charge on any atom is 0.348 e. The van der Waals surface area contributed by atoms with Gasteiger partial charge in [-0.15, -0.1) is 32.9 Å². The van der Waals surface area contributed by atoms with Crippen LogP contribution in [0.5, 0.6) is 0 Å². The fourth-order valence-electron chi connectivity index (χ4n) is 2.86. The molecule has 0 aliphatic carbocycles. The van der Waals surface area contributed by atoms with E-state index in [0.29, 0.717) is 26.7 Å². The number of ether oxygens (including phenoxy) is 1. The van der Waals surface area contributed by atoms with Crippen molar-refractivity contribution in [1.29, 1.82) is 0 Å². The second-order valence-corrected chi connectivity index (χ2v) is 8.82. The number of halogens is 1. The maximum atomic E-state index is 14.5. The first kappa shape index (κ1) is 19.1. The number of aromatic nitrogens is 3. The molecule has 0 aliphatic heterocycles. The van der Waals surface area contributed by atoms with Crippen LogP contribution in [-0.2, 0) is 17.5 Å². The Morgan fingerprint density at radius 1 is 1.29 bits per heavy atom. The number of benzene rings is 1. The monoisotopic (exact) mass is 433 g/mol. The number of thiophene rings is 2. The lowest BCUT2D eigenvalue weighted by molar-refractivity contribution is 0.0531. The van der Waals surface area contributed by atoms with E-state index >= 15 is 0 Å². The first-order chi connectivity index (χ1) is 13.6. The lowest BCUT2D eigenvalue weighted by Gasteiger charge is -2.06. The zero-order chi connectivity index (χ0) is 19.7. The lowest BCUT2D eigenvalue weighted by atomic mass is 10.1. The van der Waals surface area contributed by atoms with Gasteiger partial charge in [0.25, 0.3) is 0 Å². The zero-order valence-corrected chi connectivity index (χ0v) is 17.6. The number of hydrogen-bond donors (Lipinski definition) is 0. The summed E-state index contributed by atoms with van der Waals surface area (Å²) in [6.45, 7) is 2.03. The second kappa shape index (κ2) is 8.02. The number of esters is 1. The number of rotatable bonds is 6. The average molecular weight is 434 g/mol. The summed E-state index contributed by atoms with van der Waals surface area (Å²) >= 11 is 4.28. The van der Waals surface area contributed by atoms with Gasteiger partial charge in [-0.3, -0.25) is 0 Å². The van der Waals surface area contributed by atoms with Crippen molar-refractivity contribution in [1.82, 2.24) is 14.8 Å². The molecule has 3 aromatic heterocycles. The van der Waals surface area contributed by atoms with Crippen LogP contribution in [0.15, 0.2) is 40.9 Å². The van der Waals surface area contributed by atoms with Crippen LogP contribution in [0, 0.1) is 5.82 Å². The van der Waals surface area contributed by atoms with Gasteiger partial charge in [0.15, 0.2) is 11.0 Å². The highest BCUT2D eigenvalue weighted by Crippen LogP contribution is 2.37. The molecule has 0 radical (unpaired) electrons. The molecule has 144 valence electrons. The van der Waals surface area contributed by atoms with E-state index in [-0.39, 0.29) is 12.4 Å².